The van der Waals surface area contributed by atoms with E-state index in [1.54, 1.807) is 7.11 Å². The number of hydrogen-bond donors (Lipinski definition) is 0. The lowest BCUT2D eigenvalue weighted by Crippen LogP contribution is -2.10. The molecule has 1 atom stereocenters. The van der Waals surface area contributed by atoms with Gasteiger partial charge in [-0.3, -0.25) is 0 Å². The van der Waals surface area contributed by atoms with Crippen molar-refractivity contribution in [2.24, 2.45) is 0 Å². The van der Waals surface area contributed by atoms with Gasteiger partial charge in [-0.15, -0.1) is 0 Å². The first-order valence-electron chi connectivity index (χ1n) is 7.91. The van der Waals surface area contributed by atoms with E-state index in [0.29, 0.717) is 6.42 Å². The topological polar surface area (TPSA) is 36.3 Å². The minimum absolute atomic E-state index is 0.184. The van der Waals surface area contributed by atoms with Gasteiger partial charge in [-0.1, -0.05) is 31.2 Å². The molecule has 0 aliphatic heterocycles. The molecule has 3 nitrogen and oxygen atoms in total. The molecule has 120 valence electrons. The molecule has 0 aliphatic rings. The fraction of sp³-hybridized carbons (Fsp3) is 0.350. The molecule has 23 heavy (non-hydrogen) atoms. The van der Waals surface area contributed by atoms with Gasteiger partial charge in [0.1, 0.15) is 5.75 Å². The molecule has 0 fully saturated rings. The Bertz CT molecular complexity index is 701. The van der Waals surface area contributed by atoms with Crippen LogP contribution < -0.4 is 9.64 Å². The summed E-state index contributed by atoms with van der Waals surface area (Å²) in [5.74, 6) is 0.669. The molecule has 2 aromatic rings. The minimum Gasteiger partial charge on any atom is -0.496 e. The second kappa shape index (κ2) is 7.69. The molecule has 0 saturated heterocycles. The van der Waals surface area contributed by atoms with E-state index >= 15 is 0 Å². The SMILES string of the molecule is CCc1ccc(OC)c(CC(C#N)c2cccc(N(C)C)c2)c1. The molecular formula is C20H24N2O. The first kappa shape index (κ1) is 16.9. The van der Waals surface area contributed by atoms with Gasteiger partial charge in [-0.25, -0.2) is 0 Å². The van der Waals surface area contributed by atoms with Crippen LogP contribution in [-0.2, 0) is 12.8 Å². The number of benzene rings is 2. The van der Waals surface area contributed by atoms with E-state index in [1.165, 1.54) is 5.56 Å². The average Bonchev–Trinajstić information content (AvgIpc) is 2.59. The minimum atomic E-state index is -0.184. The molecule has 3 heteroatoms. The van der Waals surface area contributed by atoms with Crippen molar-refractivity contribution in [3.05, 3.63) is 59.2 Å². The monoisotopic (exact) mass is 308 g/mol. The second-order valence-corrected chi connectivity index (χ2v) is 5.87. The lowest BCUT2D eigenvalue weighted by Gasteiger charge is -2.17. The van der Waals surface area contributed by atoms with Gasteiger partial charge in [0.2, 0.25) is 0 Å². The second-order valence-electron chi connectivity index (χ2n) is 5.87. The summed E-state index contributed by atoms with van der Waals surface area (Å²) < 4.78 is 5.47. The van der Waals surface area contributed by atoms with Crippen molar-refractivity contribution in [2.45, 2.75) is 25.7 Å². The largest absolute Gasteiger partial charge is 0.496 e. The summed E-state index contributed by atoms with van der Waals surface area (Å²) >= 11 is 0. The number of anilines is 1. The zero-order valence-corrected chi connectivity index (χ0v) is 14.3. The highest BCUT2D eigenvalue weighted by Crippen LogP contribution is 2.29. The fourth-order valence-corrected chi connectivity index (χ4v) is 2.69. The summed E-state index contributed by atoms with van der Waals surface area (Å²) in [6.07, 6.45) is 1.63. The number of nitrogens with zero attached hydrogens (tertiary/aromatic N) is 2. The molecule has 0 aliphatic carbocycles. The van der Waals surface area contributed by atoms with Gasteiger partial charge in [0.25, 0.3) is 0 Å². The van der Waals surface area contributed by atoms with Crippen molar-refractivity contribution in [3.63, 3.8) is 0 Å². The van der Waals surface area contributed by atoms with Gasteiger partial charge in [-0.2, -0.15) is 5.26 Å². The number of hydrogen-bond acceptors (Lipinski definition) is 3. The summed E-state index contributed by atoms with van der Waals surface area (Å²) in [5, 5.41) is 9.66. The van der Waals surface area contributed by atoms with Gasteiger partial charge in [0.15, 0.2) is 0 Å². The van der Waals surface area contributed by atoms with E-state index in [1.807, 2.05) is 32.3 Å². The van der Waals surface area contributed by atoms with E-state index < -0.39 is 0 Å². The van der Waals surface area contributed by atoms with Crippen molar-refractivity contribution in [1.82, 2.24) is 0 Å². The highest BCUT2D eigenvalue weighted by Gasteiger charge is 2.15. The van der Waals surface area contributed by atoms with Crippen LogP contribution in [0, 0.1) is 11.3 Å². The molecule has 0 bridgehead atoms. The Labute approximate surface area is 139 Å². The molecule has 2 rings (SSSR count). The third-order valence-electron chi connectivity index (χ3n) is 4.12. The van der Waals surface area contributed by atoms with Gasteiger partial charge in [-0.05, 0) is 47.7 Å². The molecule has 0 heterocycles. The zero-order valence-electron chi connectivity index (χ0n) is 14.3. The smallest absolute Gasteiger partial charge is 0.122 e. The number of rotatable bonds is 6. The Morgan fingerprint density at radius 2 is 1.96 bits per heavy atom. The van der Waals surface area contributed by atoms with Crippen LogP contribution in [0.15, 0.2) is 42.5 Å². The van der Waals surface area contributed by atoms with Gasteiger partial charge in [0.05, 0.1) is 19.1 Å². The molecule has 0 spiro atoms. The maximum atomic E-state index is 9.66. The Balaban J connectivity index is 2.33. The van der Waals surface area contributed by atoms with E-state index in [9.17, 15) is 5.26 Å². The van der Waals surface area contributed by atoms with Gasteiger partial charge in [0, 0.05) is 19.8 Å². The maximum Gasteiger partial charge on any atom is 0.122 e. The quantitative estimate of drug-likeness (QED) is 0.803. The lowest BCUT2D eigenvalue weighted by molar-refractivity contribution is 0.409. The summed E-state index contributed by atoms with van der Waals surface area (Å²) in [7, 11) is 5.70. The van der Waals surface area contributed by atoms with Crippen LogP contribution in [0.25, 0.3) is 0 Å². The van der Waals surface area contributed by atoms with Gasteiger partial charge < -0.3 is 9.64 Å². The van der Waals surface area contributed by atoms with Crippen molar-refractivity contribution >= 4 is 5.69 Å². The van der Waals surface area contributed by atoms with Crippen LogP contribution >= 0.6 is 0 Å². The van der Waals surface area contributed by atoms with Crippen LogP contribution in [0.2, 0.25) is 0 Å². The standard InChI is InChI=1S/C20H24N2O/c1-5-15-9-10-20(23-4)17(11-15)12-18(14-21)16-7-6-8-19(13-16)22(2)3/h6-11,13,18H,5,12H2,1-4H3. The lowest BCUT2D eigenvalue weighted by atomic mass is 9.91. The summed E-state index contributed by atoms with van der Waals surface area (Å²) in [6.45, 7) is 2.13. The van der Waals surface area contributed by atoms with Crippen LogP contribution in [-0.4, -0.2) is 21.2 Å². The Morgan fingerprint density at radius 1 is 1.17 bits per heavy atom. The zero-order chi connectivity index (χ0) is 16.8. The van der Waals surface area contributed by atoms with Crippen molar-refractivity contribution in [2.75, 3.05) is 26.1 Å². The molecule has 0 amide bonds. The average molecular weight is 308 g/mol. The number of methoxy groups -OCH3 is 1. The van der Waals surface area contributed by atoms with E-state index in [0.717, 1.165) is 29.0 Å². The molecule has 0 aromatic heterocycles. The Kier molecular flexibility index (Phi) is 5.65. The molecule has 2 aromatic carbocycles. The number of aryl methyl sites for hydroxylation is 1. The summed E-state index contributed by atoms with van der Waals surface area (Å²) in [6, 6.07) is 16.9. The number of nitriles is 1. The van der Waals surface area contributed by atoms with Crippen LogP contribution in [0.4, 0.5) is 5.69 Å². The molecule has 0 radical (unpaired) electrons. The third-order valence-corrected chi connectivity index (χ3v) is 4.12. The molecular weight excluding hydrogens is 284 g/mol. The Hall–Kier alpha value is -2.47. The van der Waals surface area contributed by atoms with Crippen molar-refractivity contribution < 1.29 is 4.74 Å². The molecule has 1 unspecified atom stereocenters. The fourth-order valence-electron chi connectivity index (χ4n) is 2.69. The van der Waals surface area contributed by atoms with Crippen LogP contribution in [0.5, 0.6) is 5.75 Å². The number of ether oxygens (including phenoxy) is 1. The van der Waals surface area contributed by atoms with E-state index in [-0.39, 0.29) is 5.92 Å². The maximum absolute atomic E-state index is 9.66. The van der Waals surface area contributed by atoms with Gasteiger partial charge >= 0.3 is 0 Å². The normalized spacial score (nSPS) is 11.6. The third kappa shape index (κ3) is 4.04. The summed E-state index contributed by atoms with van der Waals surface area (Å²) in [4.78, 5) is 2.05. The highest BCUT2D eigenvalue weighted by atomic mass is 16.5. The predicted molar refractivity (Wildman–Crippen MR) is 95.2 cm³/mol. The summed E-state index contributed by atoms with van der Waals surface area (Å²) in [5.41, 5.74) is 4.51. The Morgan fingerprint density at radius 3 is 2.57 bits per heavy atom. The van der Waals surface area contributed by atoms with Crippen LogP contribution in [0.3, 0.4) is 0 Å². The predicted octanol–water partition coefficient (Wildman–Crippen LogP) is 4.17. The van der Waals surface area contributed by atoms with Crippen molar-refractivity contribution in [3.8, 4) is 11.8 Å². The van der Waals surface area contributed by atoms with E-state index in [2.05, 4.69) is 42.2 Å². The molecule has 0 saturated carbocycles. The first-order chi connectivity index (χ1) is 11.1. The van der Waals surface area contributed by atoms with Crippen LogP contribution in [0.1, 0.15) is 29.5 Å². The highest BCUT2D eigenvalue weighted by molar-refractivity contribution is 5.49. The van der Waals surface area contributed by atoms with Crippen molar-refractivity contribution in [1.29, 1.82) is 5.26 Å². The van der Waals surface area contributed by atoms with E-state index in [4.69, 9.17) is 4.74 Å². The molecule has 0 N–H and O–H groups in total. The first-order valence-corrected chi connectivity index (χ1v) is 7.91.